The number of ether oxygens (including phenoxy) is 1. The monoisotopic (exact) mass is 327 g/mol. The van der Waals surface area contributed by atoms with E-state index in [1.54, 1.807) is 0 Å². The number of rotatable bonds is 2. The summed E-state index contributed by atoms with van der Waals surface area (Å²) in [5.41, 5.74) is -0.743. The zero-order valence-electron chi connectivity index (χ0n) is 12.5. The fourth-order valence-corrected chi connectivity index (χ4v) is 2.54. The summed E-state index contributed by atoms with van der Waals surface area (Å²) in [6.07, 6.45) is -3.93. The molecule has 1 fully saturated rings. The van der Waals surface area contributed by atoms with E-state index < -0.39 is 17.8 Å². The minimum Gasteiger partial charge on any atom is -0.453 e. The quantitative estimate of drug-likeness (QED) is 0.906. The predicted molar refractivity (Wildman–Crippen MR) is 76.8 cm³/mol. The third-order valence-electron chi connectivity index (χ3n) is 3.74. The van der Waals surface area contributed by atoms with Crippen LogP contribution in [0.2, 0.25) is 0 Å². The van der Waals surface area contributed by atoms with Crippen LogP contribution in [0.5, 0.6) is 0 Å². The molecule has 124 valence electrons. The van der Waals surface area contributed by atoms with Gasteiger partial charge in [-0.3, -0.25) is 0 Å². The zero-order valence-corrected chi connectivity index (χ0v) is 12.5. The molecule has 1 heterocycles. The van der Waals surface area contributed by atoms with Gasteiger partial charge in [-0.2, -0.15) is 18.4 Å². The molecule has 1 aromatic carbocycles. The number of benzene rings is 1. The first-order valence-corrected chi connectivity index (χ1v) is 7.06. The maximum absolute atomic E-state index is 13.1. The van der Waals surface area contributed by atoms with Gasteiger partial charge < -0.3 is 15.0 Å². The van der Waals surface area contributed by atoms with Crippen LogP contribution in [0.1, 0.15) is 24.0 Å². The van der Waals surface area contributed by atoms with Crippen LogP contribution in [0.3, 0.4) is 0 Å². The Morgan fingerprint density at radius 2 is 2.04 bits per heavy atom. The second-order valence-electron chi connectivity index (χ2n) is 5.25. The van der Waals surface area contributed by atoms with Crippen molar-refractivity contribution in [2.75, 3.05) is 25.5 Å². The van der Waals surface area contributed by atoms with Crippen molar-refractivity contribution in [1.29, 1.82) is 5.26 Å². The number of hydrogen-bond donors (Lipinski definition) is 1. The first-order chi connectivity index (χ1) is 10.8. The third kappa shape index (κ3) is 4.06. The highest BCUT2D eigenvalue weighted by atomic mass is 19.4. The lowest BCUT2D eigenvalue weighted by molar-refractivity contribution is -0.137. The number of halogens is 3. The molecule has 1 saturated heterocycles. The van der Waals surface area contributed by atoms with Gasteiger partial charge in [-0.15, -0.1) is 0 Å². The lowest BCUT2D eigenvalue weighted by Crippen LogP contribution is -2.42. The molecule has 8 heteroatoms. The van der Waals surface area contributed by atoms with Crippen LogP contribution in [0.25, 0.3) is 0 Å². The Labute approximate surface area is 131 Å². The van der Waals surface area contributed by atoms with E-state index in [2.05, 4.69) is 10.1 Å². The second-order valence-corrected chi connectivity index (χ2v) is 5.25. The molecule has 0 spiro atoms. The summed E-state index contributed by atoms with van der Waals surface area (Å²) < 4.78 is 43.8. The number of likely N-dealkylation sites (tertiary alicyclic amines) is 1. The first-order valence-electron chi connectivity index (χ1n) is 7.06. The van der Waals surface area contributed by atoms with Gasteiger partial charge in [0.25, 0.3) is 0 Å². The van der Waals surface area contributed by atoms with Crippen molar-refractivity contribution in [3.8, 4) is 6.07 Å². The van der Waals surface area contributed by atoms with Crippen LogP contribution in [-0.2, 0) is 10.9 Å². The third-order valence-corrected chi connectivity index (χ3v) is 3.74. The molecule has 0 atom stereocenters. The number of hydrogen-bond acceptors (Lipinski definition) is 4. The summed E-state index contributed by atoms with van der Waals surface area (Å²) in [5, 5.41) is 11.7. The van der Waals surface area contributed by atoms with Crippen molar-refractivity contribution in [3.05, 3.63) is 29.3 Å². The highest BCUT2D eigenvalue weighted by Crippen LogP contribution is 2.36. The predicted octanol–water partition coefficient (Wildman–Crippen LogP) is 3.22. The maximum Gasteiger partial charge on any atom is 0.418 e. The van der Waals surface area contributed by atoms with Crippen molar-refractivity contribution >= 4 is 11.8 Å². The van der Waals surface area contributed by atoms with Gasteiger partial charge in [-0.25, -0.2) is 4.79 Å². The molecule has 0 unspecified atom stereocenters. The van der Waals surface area contributed by atoms with Gasteiger partial charge in [0.15, 0.2) is 0 Å². The molecule has 1 aromatic rings. The van der Waals surface area contributed by atoms with Crippen LogP contribution in [-0.4, -0.2) is 37.2 Å². The van der Waals surface area contributed by atoms with Crippen LogP contribution in [0.4, 0.5) is 23.7 Å². The molecule has 1 aliphatic heterocycles. The number of methoxy groups -OCH3 is 1. The average Bonchev–Trinajstić information content (AvgIpc) is 2.53. The Hall–Kier alpha value is -2.43. The summed E-state index contributed by atoms with van der Waals surface area (Å²) in [6.45, 7) is 0.813. The van der Waals surface area contributed by atoms with E-state index in [9.17, 15) is 18.0 Å². The van der Waals surface area contributed by atoms with Crippen LogP contribution >= 0.6 is 0 Å². The second kappa shape index (κ2) is 6.77. The van der Waals surface area contributed by atoms with Gasteiger partial charge in [0.05, 0.1) is 24.3 Å². The fraction of sp³-hybridized carbons (Fsp3) is 0.467. The number of nitriles is 1. The molecule has 1 amide bonds. The number of piperidine rings is 1. The molecule has 0 bridgehead atoms. The fourth-order valence-electron chi connectivity index (χ4n) is 2.54. The van der Waals surface area contributed by atoms with E-state index in [0.29, 0.717) is 25.9 Å². The normalized spacial score (nSPS) is 15.9. The Bertz CT molecular complexity index is 617. The van der Waals surface area contributed by atoms with E-state index in [-0.39, 0.29) is 17.3 Å². The lowest BCUT2D eigenvalue weighted by atomic mass is 10.0. The first kappa shape index (κ1) is 16.9. The molecule has 2 rings (SSSR count). The maximum atomic E-state index is 13.1. The van der Waals surface area contributed by atoms with Gasteiger partial charge in [0, 0.05) is 24.8 Å². The summed E-state index contributed by atoms with van der Waals surface area (Å²) in [4.78, 5) is 12.9. The molecule has 1 N–H and O–H groups in total. The molecule has 1 aliphatic rings. The van der Waals surface area contributed by atoms with Crippen LogP contribution in [0, 0.1) is 11.3 Å². The molecule has 0 aromatic heterocycles. The van der Waals surface area contributed by atoms with E-state index >= 15 is 0 Å². The number of nitrogens with one attached hydrogen (secondary N) is 1. The summed E-state index contributed by atoms with van der Waals surface area (Å²) in [7, 11) is 1.29. The zero-order chi connectivity index (χ0) is 17.0. The van der Waals surface area contributed by atoms with Crippen molar-refractivity contribution in [2.45, 2.75) is 25.1 Å². The summed E-state index contributed by atoms with van der Waals surface area (Å²) >= 11 is 0. The van der Waals surface area contributed by atoms with Crippen molar-refractivity contribution in [3.63, 3.8) is 0 Å². The summed E-state index contributed by atoms with van der Waals surface area (Å²) in [5.74, 6) is 0. The van der Waals surface area contributed by atoms with Gasteiger partial charge in [-0.05, 0) is 31.0 Å². The van der Waals surface area contributed by atoms with Gasteiger partial charge in [0.1, 0.15) is 0 Å². The molecule has 0 aliphatic carbocycles. The molecular formula is C15H16F3N3O2. The highest BCUT2D eigenvalue weighted by Gasteiger charge is 2.34. The number of carbonyl (C=O) groups is 1. The van der Waals surface area contributed by atoms with E-state index in [4.69, 9.17) is 5.26 Å². The standard InChI is InChI=1S/C15H16F3N3O2/c1-23-14(22)21-6-4-11(5-7-21)20-13-8-10(9-19)2-3-12(13)15(16,17)18/h2-3,8,11,20H,4-7H2,1H3. The van der Waals surface area contributed by atoms with E-state index in [1.165, 1.54) is 18.1 Å². The number of nitrogens with zero attached hydrogens (tertiary/aromatic N) is 2. The summed E-state index contributed by atoms with van der Waals surface area (Å²) in [6, 6.07) is 4.89. The Morgan fingerprint density at radius 3 is 2.57 bits per heavy atom. The number of amides is 1. The number of anilines is 1. The smallest absolute Gasteiger partial charge is 0.418 e. The van der Waals surface area contributed by atoms with Crippen molar-refractivity contribution in [2.24, 2.45) is 0 Å². The van der Waals surface area contributed by atoms with E-state index in [0.717, 1.165) is 12.1 Å². The van der Waals surface area contributed by atoms with Gasteiger partial charge in [-0.1, -0.05) is 0 Å². The Balaban J connectivity index is 2.11. The SMILES string of the molecule is COC(=O)N1CCC(Nc2cc(C#N)ccc2C(F)(F)F)CC1. The largest absolute Gasteiger partial charge is 0.453 e. The van der Waals surface area contributed by atoms with Gasteiger partial charge in [0.2, 0.25) is 0 Å². The van der Waals surface area contributed by atoms with E-state index in [1.807, 2.05) is 6.07 Å². The number of alkyl halides is 3. The highest BCUT2D eigenvalue weighted by molar-refractivity contribution is 5.67. The van der Waals surface area contributed by atoms with Crippen LogP contribution in [0.15, 0.2) is 18.2 Å². The molecule has 23 heavy (non-hydrogen) atoms. The molecule has 0 saturated carbocycles. The topological polar surface area (TPSA) is 65.4 Å². The minimum absolute atomic E-state index is 0.104. The molecule has 0 radical (unpaired) electrons. The van der Waals surface area contributed by atoms with Crippen LogP contribution < -0.4 is 5.32 Å². The van der Waals surface area contributed by atoms with Gasteiger partial charge >= 0.3 is 12.3 Å². The minimum atomic E-state index is -4.50. The van der Waals surface area contributed by atoms with Crippen molar-refractivity contribution < 1.29 is 22.7 Å². The molecule has 5 nitrogen and oxygen atoms in total. The number of carbonyl (C=O) groups excluding carboxylic acids is 1. The Morgan fingerprint density at radius 1 is 1.39 bits per heavy atom. The van der Waals surface area contributed by atoms with Crippen molar-refractivity contribution in [1.82, 2.24) is 4.90 Å². The average molecular weight is 327 g/mol. The molecular weight excluding hydrogens is 311 g/mol. The Kier molecular flexibility index (Phi) is 4.98. The lowest BCUT2D eigenvalue weighted by Gasteiger charge is -2.32.